The topological polar surface area (TPSA) is 64.6 Å². The molecule has 24 heavy (non-hydrogen) atoms. The van der Waals surface area contributed by atoms with Crippen LogP contribution >= 0.6 is 0 Å². The minimum atomic E-state index is -0.545. The van der Waals surface area contributed by atoms with Gasteiger partial charge in [-0.25, -0.2) is 4.79 Å². The van der Waals surface area contributed by atoms with E-state index in [1.165, 1.54) is 5.57 Å². The van der Waals surface area contributed by atoms with Gasteiger partial charge in [-0.05, 0) is 31.7 Å². The van der Waals surface area contributed by atoms with Crippen molar-refractivity contribution >= 4 is 6.03 Å². The maximum Gasteiger partial charge on any atom is 0.315 e. The molecule has 2 amide bonds. The first-order chi connectivity index (χ1) is 11.5. The molecule has 0 spiro atoms. The van der Waals surface area contributed by atoms with Gasteiger partial charge in [0.05, 0.1) is 6.10 Å². The van der Waals surface area contributed by atoms with Crippen LogP contribution in [-0.2, 0) is 0 Å². The summed E-state index contributed by atoms with van der Waals surface area (Å²) in [5.74, 6) is 0. The number of likely N-dealkylation sites (tertiary alicyclic amines) is 1. The van der Waals surface area contributed by atoms with Gasteiger partial charge in [0.1, 0.15) is 0 Å². The highest BCUT2D eigenvalue weighted by molar-refractivity contribution is 5.74. The van der Waals surface area contributed by atoms with Crippen molar-refractivity contribution in [2.75, 3.05) is 26.2 Å². The van der Waals surface area contributed by atoms with Gasteiger partial charge in [-0.3, -0.25) is 4.90 Å². The smallest absolute Gasteiger partial charge is 0.315 e. The van der Waals surface area contributed by atoms with Crippen LogP contribution in [0.4, 0.5) is 4.79 Å². The Morgan fingerprint density at radius 2 is 2.00 bits per heavy atom. The molecule has 0 saturated carbocycles. The highest BCUT2D eigenvalue weighted by atomic mass is 16.3. The Kier molecular flexibility index (Phi) is 7.28. The van der Waals surface area contributed by atoms with Crippen LogP contribution in [0.25, 0.3) is 0 Å². The number of aliphatic hydroxyl groups is 1. The summed E-state index contributed by atoms with van der Waals surface area (Å²) in [5, 5.41) is 15.9. The average Bonchev–Trinajstić information content (AvgIpc) is 2.57. The number of nitrogens with zero attached hydrogens (tertiary/aromatic N) is 1. The summed E-state index contributed by atoms with van der Waals surface area (Å²) in [4.78, 5) is 14.3. The fraction of sp³-hybridized carbons (Fsp3) is 0.526. The van der Waals surface area contributed by atoms with Crippen molar-refractivity contribution < 1.29 is 9.90 Å². The predicted octanol–water partition coefficient (Wildman–Crippen LogP) is 2.45. The number of benzene rings is 1. The third-order valence-electron chi connectivity index (χ3n) is 4.30. The summed E-state index contributed by atoms with van der Waals surface area (Å²) < 4.78 is 0. The predicted molar refractivity (Wildman–Crippen MR) is 96.8 cm³/mol. The molecule has 3 N–H and O–H groups in total. The number of urea groups is 1. The Morgan fingerprint density at radius 1 is 1.33 bits per heavy atom. The highest BCUT2D eigenvalue weighted by Gasteiger charge is 2.20. The second-order valence-corrected chi connectivity index (χ2v) is 6.62. The Balaban J connectivity index is 1.61. The van der Waals surface area contributed by atoms with E-state index in [1.54, 1.807) is 0 Å². The van der Waals surface area contributed by atoms with E-state index >= 15 is 0 Å². The maximum atomic E-state index is 12.0. The molecule has 1 saturated heterocycles. The van der Waals surface area contributed by atoms with E-state index in [1.807, 2.05) is 37.3 Å². The van der Waals surface area contributed by atoms with Crippen molar-refractivity contribution in [2.45, 2.75) is 38.3 Å². The fourth-order valence-electron chi connectivity index (χ4n) is 3.02. The van der Waals surface area contributed by atoms with Gasteiger partial charge >= 0.3 is 6.03 Å². The van der Waals surface area contributed by atoms with Crippen LogP contribution < -0.4 is 10.6 Å². The lowest BCUT2D eigenvalue weighted by atomic mass is 10.0. The molecule has 5 nitrogen and oxygen atoms in total. The molecule has 1 unspecified atom stereocenters. The third-order valence-corrected chi connectivity index (χ3v) is 4.30. The second kappa shape index (κ2) is 9.45. The number of amides is 2. The molecule has 0 bridgehead atoms. The molecule has 132 valence electrons. The molecule has 1 aromatic rings. The fourth-order valence-corrected chi connectivity index (χ4v) is 3.02. The number of aliphatic hydroxyl groups excluding tert-OH is 1. The summed E-state index contributed by atoms with van der Waals surface area (Å²) in [6, 6.07) is 9.59. The van der Waals surface area contributed by atoms with Gasteiger partial charge in [-0.15, -0.1) is 0 Å². The Bertz CT molecular complexity index is 525. The molecule has 1 aromatic carbocycles. The van der Waals surface area contributed by atoms with E-state index in [4.69, 9.17) is 0 Å². The average molecular weight is 331 g/mol. The van der Waals surface area contributed by atoms with E-state index in [0.29, 0.717) is 13.0 Å². The highest BCUT2D eigenvalue weighted by Crippen LogP contribution is 2.15. The van der Waals surface area contributed by atoms with E-state index < -0.39 is 6.10 Å². The van der Waals surface area contributed by atoms with Gasteiger partial charge in [0.15, 0.2) is 0 Å². The molecule has 1 fully saturated rings. The summed E-state index contributed by atoms with van der Waals surface area (Å²) in [7, 11) is 0. The van der Waals surface area contributed by atoms with Gasteiger partial charge in [-0.2, -0.15) is 0 Å². The molecule has 0 aliphatic carbocycles. The third kappa shape index (κ3) is 6.34. The van der Waals surface area contributed by atoms with Crippen LogP contribution in [-0.4, -0.2) is 48.3 Å². The maximum absolute atomic E-state index is 12.0. The number of rotatable bonds is 7. The van der Waals surface area contributed by atoms with Crippen molar-refractivity contribution in [1.29, 1.82) is 0 Å². The van der Waals surface area contributed by atoms with Crippen LogP contribution in [0, 0.1) is 0 Å². The monoisotopic (exact) mass is 331 g/mol. The molecule has 5 heteroatoms. The lowest BCUT2D eigenvalue weighted by Crippen LogP contribution is -2.48. The molecular formula is C19H29N3O2. The number of carbonyl (C=O) groups excluding carboxylic acids is 1. The molecule has 0 radical (unpaired) electrons. The zero-order valence-electron chi connectivity index (χ0n) is 14.5. The van der Waals surface area contributed by atoms with Crippen molar-refractivity contribution in [1.82, 2.24) is 15.5 Å². The first-order valence-electron chi connectivity index (χ1n) is 8.68. The van der Waals surface area contributed by atoms with Crippen molar-refractivity contribution in [2.24, 2.45) is 0 Å². The second-order valence-electron chi connectivity index (χ2n) is 6.62. The van der Waals surface area contributed by atoms with Crippen LogP contribution in [0.1, 0.15) is 37.9 Å². The van der Waals surface area contributed by atoms with Crippen LogP contribution in [0.5, 0.6) is 0 Å². The molecule has 2 rings (SSSR count). The standard InChI is InChI=1S/C19H29N3O2/c1-15(2)14-22-12-9-17(10-13-22)21-19(24)20-11-8-18(23)16-6-4-3-5-7-16/h3-7,17-18,23H,1,8-14H2,2H3,(H2,20,21,24). The Hall–Kier alpha value is -1.85. The summed E-state index contributed by atoms with van der Waals surface area (Å²) in [6.45, 7) is 9.36. The van der Waals surface area contributed by atoms with Crippen LogP contribution in [0.2, 0.25) is 0 Å². The zero-order valence-corrected chi connectivity index (χ0v) is 14.5. The van der Waals surface area contributed by atoms with E-state index in [0.717, 1.165) is 38.0 Å². The Morgan fingerprint density at radius 3 is 2.62 bits per heavy atom. The van der Waals surface area contributed by atoms with Gasteiger partial charge in [0.25, 0.3) is 0 Å². The number of carbonyl (C=O) groups is 1. The number of hydrogen-bond acceptors (Lipinski definition) is 3. The van der Waals surface area contributed by atoms with Crippen molar-refractivity contribution in [3.05, 3.63) is 48.0 Å². The number of piperidine rings is 1. The van der Waals surface area contributed by atoms with Crippen LogP contribution in [0.15, 0.2) is 42.5 Å². The summed E-state index contributed by atoms with van der Waals surface area (Å²) in [6.07, 6.45) is 1.90. The van der Waals surface area contributed by atoms with Gasteiger partial charge in [0, 0.05) is 32.2 Å². The van der Waals surface area contributed by atoms with Crippen molar-refractivity contribution in [3.63, 3.8) is 0 Å². The SMILES string of the molecule is C=C(C)CN1CCC(NC(=O)NCCC(O)c2ccccc2)CC1. The zero-order chi connectivity index (χ0) is 17.4. The summed E-state index contributed by atoms with van der Waals surface area (Å²) >= 11 is 0. The largest absolute Gasteiger partial charge is 0.388 e. The number of nitrogens with one attached hydrogen (secondary N) is 2. The van der Waals surface area contributed by atoms with Gasteiger partial charge < -0.3 is 15.7 Å². The molecule has 1 atom stereocenters. The molecule has 0 aromatic heterocycles. The minimum absolute atomic E-state index is 0.145. The number of hydrogen-bond donors (Lipinski definition) is 3. The molecular weight excluding hydrogens is 302 g/mol. The lowest BCUT2D eigenvalue weighted by molar-refractivity contribution is 0.166. The lowest BCUT2D eigenvalue weighted by Gasteiger charge is -2.32. The van der Waals surface area contributed by atoms with Crippen LogP contribution in [0.3, 0.4) is 0 Å². The summed E-state index contributed by atoms with van der Waals surface area (Å²) in [5.41, 5.74) is 2.06. The first kappa shape index (κ1) is 18.5. The molecule has 1 aliphatic rings. The van der Waals surface area contributed by atoms with E-state index in [2.05, 4.69) is 22.1 Å². The van der Waals surface area contributed by atoms with E-state index in [9.17, 15) is 9.90 Å². The molecule has 1 aliphatic heterocycles. The van der Waals surface area contributed by atoms with E-state index in [-0.39, 0.29) is 12.1 Å². The van der Waals surface area contributed by atoms with Gasteiger partial charge in [0.2, 0.25) is 0 Å². The normalized spacial score (nSPS) is 17.2. The Labute approximate surface area is 144 Å². The quantitative estimate of drug-likeness (QED) is 0.673. The van der Waals surface area contributed by atoms with Gasteiger partial charge in [-0.1, -0.05) is 42.5 Å². The first-order valence-corrected chi connectivity index (χ1v) is 8.68. The minimum Gasteiger partial charge on any atom is -0.388 e. The van der Waals surface area contributed by atoms with Crippen molar-refractivity contribution in [3.8, 4) is 0 Å². The molecule has 1 heterocycles.